The van der Waals surface area contributed by atoms with E-state index in [2.05, 4.69) is 19.8 Å². The SMILES string of the molecule is CCON=C(C(=O)NC1C(=O)N2C(C(=O)O)=C(C[n+]3cccc(CCO)c3)CS[C@H]12)c1nsc(N)n1. The van der Waals surface area contributed by atoms with Gasteiger partial charge in [0, 0.05) is 47.5 Å². The number of hydrogen-bond acceptors (Lipinski definition) is 11. The number of nitrogens with zero attached hydrogens (tertiary/aromatic N) is 5. The number of carbonyl (C=O) groups is 3. The van der Waals surface area contributed by atoms with E-state index < -0.39 is 29.2 Å². The van der Waals surface area contributed by atoms with Crippen LogP contribution in [0.4, 0.5) is 5.13 Å². The molecule has 2 atom stereocenters. The third kappa shape index (κ3) is 5.17. The lowest BCUT2D eigenvalue weighted by atomic mass is 10.0. The van der Waals surface area contributed by atoms with Gasteiger partial charge in [-0.2, -0.15) is 9.36 Å². The minimum absolute atomic E-state index is 0.00289. The molecule has 1 fully saturated rings. The number of aliphatic carboxylic acids is 1. The molecule has 1 saturated heterocycles. The molecule has 2 amide bonds. The number of amides is 2. The Balaban J connectivity index is 1.52. The smallest absolute Gasteiger partial charge is 0.352 e. The first kappa shape index (κ1) is 25.5. The summed E-state index contributed by atoms with van der Waals surface area (Å²) in [6, 6.07) is 2.73. The average molecular weight is 535 g/mol. The van der Waals surface area contributed by atoms with Gasteiger partial charge >= 0.3 is 5.97 Å². The zero-order valence-corrected chi connectivity index (χ0v) is 20.8. The number of fused-ring (bicyclic) bond motifs is 1. The first-order valence-corrected chi connectivity index (χ1v) is 12.8. The number of aliphatic hydroxyl groups is 1. The van der Waals surface area contributed by atoms with Crippen LogP contribution in [-0.4, -0.2) is 78.3 Å². The number of nitrogens with two attached hydrogens (primary N) is 1. The van der Waals surface area contributed by atoms with Crippen LogP contribution < -0.4 is 15.6 Å². The van der Waals surface area contributed by atoms with Crippen molar-refractivity contribution < 1.29 is 34.0 Å². The van der Waals surface area contributed by atoms with E-state index in [1.165, 1.54) is 16.7 Å². The van der Waals surface area contributed by atoms with Crippen LogP contribution in [0.25, 0.3) is 0 Å². The summed E-state index contributed by atoms with van der Waals surface area (Å²) < 4.78 is 5.79. The van der Waals surface area contributed by atoms with E-state index in [1.807, 2.05) is 22.9 Å². The largest absolute Gasteiger partial charge is 0.477 e. The lowest BCUT2D eigenvalue weighted by molar-refractivity contribution is -0.689. The minimum atomic E-state index is -1.22. The number of nitrogen functional groups attached to an aromatic ring is 1. The summed E-state index contributed by atoms with van der Waals surface area (Å²) in [7, 11) is 0. The number of aliphatic hydroxyl groups excluding tert-OH is 1. The summed E-state index contributed by atoms with van der Waals surface area (Å²) in [5.74, 6) is -2.18. The van der Waals surface area contributed by atoms with Crippen molar-refractivity contribution in [2.75, 3.05) is 24.7 Å². The highest BCUT2D eigenvalue weighted by atomic mass is 32.2. The lowest BCUT2D eigenvalue weighted by Crippen LogP contribution is -2.71. The van der Waals surface area contributed by atoms with Gasteiger partial charge < -0.3 is 26.1 Å². The number of thioether (sulfide) groups is 1. The molecule has 190 valence electrons. The van der Waals surface area contributed by atoms with E-state index in [-0.39, 0.29) is 42.1 Å². The number of oxime groups is 1. The number of nitrogens with one attached hydrogen (secondary N) is 1. The quantitative estimate of drug-likeness (QED) is 0.129. The fourth-order valence-electron chi connectivity index (χ4n) is 3.83. The van der Waals surface area contributed by atoms with Crippen molar-refractivity contribution in [2.45, 2.75) is 31.3 Å². The number of hydrogen-bond donors (Lipinski definition) is 4. The maximum Gasteiger partial charge on any atom is 0.352 e. The molecule has 13 nitrogen and oxygen atoms in total. The van der Waals surface area contributed by atoms with Gasteiger partial charge in [0.1, 0.15) is 23.7 Å². The molecule has 15 heteroatoms. The normalized spacial score (nSPS) is 19.6. The highest BCUT2D eigenvalue weighted by Crippen LogP contribution is 2.40. The van der Waals surface area contributed by atoms with Crippen LogP contribution in [0.15, 0.2) is 41.0 Å². The molecule has 0 saturated carbocycles. The van der Waals surface area contributed by atoms with Gasteiger partial charge in [-0.25, -0.2) is 9.36 Å². The minimum Gasteiger partial charge on any atom is -0.477 e. The summed E-state index contributed by atoms with van der Waals surface area (Å²) >= 11 is 2.24. The Kier molecular flexibility index (Phi) is 7.81. The van der Waals surface area contributed by atoms with E-state index in [0.717, 1.165) is 17.1 Å². The number of anilines is 1. The molecule has 2 aromatic heterocycles. The van der Waals surface area contributed by atoms with Crippen LogP contribution in [0.1, 0.15) is 18.3 Å². The van der Waals surface area contributed by atoms with Crippen molar-refractivity contribution in [2.24, 2.45) is 5.16 Å². The van der Waals surface area contributed by atoms with Crippen molar-refractivity contribution in [3.05, 3.63) is 47.2 Å². The molecule has 5 N–H and O–H groups in total. The predicted octanol–water partition coefficient (Wildman–Crippen LogP) is -0.878. The first-order chi connectivity index (χ1) is 17.3. The zero-order valence-electron chi connectivity index (χ0n) is 19.2. The van der Waals surface area contributed by atoms with Gasteiger partial charge in [-0.1, -0.05) is 5.16 Å². The maximum absolute atomic E-state index is 13.0. The van der Waals surface area contributed by atoms with Crippen LogP contribution >= 0.6 is 23.3 Å². The van der Waals surface area contributed by atoms with Crippen LogP contribution in [0, 0.1) is 0 Å². The van der Waals surface area contributed by atoms with Gasteiger partial charge in [-0.05, 0) is 13.0 Å². The van der Waals surface area contributed by atoms with Gasteiger partial charge in [0.2, 0.25) is 11.5 Å². The number of β-lactam (4-membered cyclic amide) rings is 1. The second-order valence-corrected chi connectivity index (χ2v) is 9.68. The molecule has 4 rings (SSSR count). The Labute approximate surface area is 213 Å². The van der Waals surface area contributed by atoms with E-state index in [1.54, 1.807) is 13.1 Å². The molecule has 36 heavy (non-hydrogen) atoms. The van der Waals surface area contributed by atoms with Gasteiger partial charge in [0.25, 0.3) is 11.8 Å². The molecular weight excluding hydrogens is 510 g/mol. The lowest BCUT2D eigenvalue weighted by Gasteiger charge is -2.49. The molecule has 1 unspecified atom stereocenters. The zero-order chi connectivity index (χ0) is 25.8. The number of rotatable bonds is 10. The third-order valence-corrected chi connectivity index (χ3v) is 7.27. The molecule has 2 aromatic rings. The molecule has 4 heterocycles. The maximum atomic E-state index is 13.0. The Morgan fingerprint density at radius 3 is 2.92 bits per heavy atom. The van der Waals surface area contributed by atoms with Crippen molar-refractivity contribution in [1.29, 1.82) is 0 Å². The fraction of sp³-hybridized carbons (Fsp3) is 0.381. The Morgan fingerprint density at radius 2 is 2.25 bits per heavy atom. The third-order valence-electron chi connectivity index (χ3n) is 5.38. The van der Waals surface area contributed by atoms with Crippen molar-refractivity contribution in [3.8, 4) is 0 Å². The highest BCUT2D eigenvalue weighted by Gasteiger charge is 2.54. The molecule has 0 radical (unpaired) electrons. The number of carbonyl (C=O) groups excluding carboxylic acids is 2. The predicted molar refractivity (Wildman–Crippen MR) is 130 cm³/mol. The molecular formula is C21H24N7O6S2+. The summed E-state index contributed by atoms with van der Waals surface area (Å²) in [4.78, 5) is 48.2. The van der Waals surface area contributed by atoms with Crippen LogP contribution in [0.3, 0.4) is 0 Å². The number of carboxylic acids is 1. The molecule has 2 aliphatic rings. The van der Waals surface area contributed by atoms with Crippen LogP contribution in [-0.2, 0) is 32.2 Å². The van der Waals surface area contributed by atoms with E-state index in [0.29, 0.717) is 17.7 Å². The molecule has 0 spiro atoms. The second kappa shape index (κ2) is 11.0. The van der Waals surface area contributed by atoms with Crippen LogP contribution in [0.2, 0.25) is 0 Å². The van der Waals surface area contributed by atoms with E-state index in [4.69, 9.17) is 10.6 Å². The topological polar surface area (TPSA) is 184 Å². The second-order valence-electron chi connectivity index (χ2n) is 7.79. The fourth-order valence-corrected chi connectivity index (χ4v) is 5.60. The summed E-state index contributed by atoms with van der Waals surface area (Å²) in [5.41, 5.74) is 6.75. The molecule has 0 aliphatic carbocycles. The van der Waals surface area contributed by atoms with Crippen molar-refractivity contribution in [3.63, 3.8) is 0 Å². The summed E-state index contributed by atoms with van der Waals surface area (Å²) in [5, 5.41) is 25.0. The summed E-state index contributed by atoms with van der Waals surface area (Å²) in [6.07, 6.45) is 4.11. The Morgan fingerprint density at radius 1 is 1.44 bits per heavy atom. The summed E-state index contributed by atoms with van der Waals surface area (Å²) in [6.45, 7) is 2.15. The Bertz CT molecular complexity index is 1250. The number of carboxylic acid groups (broad SMARTS) is 1. The van der Waals surface area contributed by atoms with E-state index in [9.17, 15) is 24.6 Å². The standard InChI is InChI=1S/C21H23N7O6S2/c1-2-34-25-13(16-24-21(22)36-26-16)17(30)23-14-18(31)28-15(20(32)33)12(10-35-19(14)28)9-27-6-3-4-11(8-27)5-7-29/h3-4,6,8,14,19,29H,2,5,7,9-10H2,1H3,(H3-,22,23,24,26,30,32,33)/p+1/t14?,19-/m1/s1. The average Bonchev–Trinajstić information content (AvgIpc) is 3.28. The van der Waals surface area contributed by atoms with Gasteiger partial charge in [0.15, 0.2) is 24.1 Å². The molecule has 2 aliphatic heterocycles. The number of aromatic nitrogens is 3. The van der Waals surface area contributed by atoms with E-state index >= 15 is 0 Å². The van der Waals surface area contributed by atoms with Gasteiger partial charge in [-0.3, -0.25) is 14.5 Å². The monoisotopic (exact) mass is 534 g/mol. The van der Waals surface area contributed by atoms with Crippen molar-refractivity contribution >= 4 is 51.9 Å². The Hall–Kier alpha value is -3.56. The molecule has 0 bridgehead atoms. The van der Waals surface area contributed by atoms with Gasteiger partial charge in [-0.15, -0.1) is 11.8 Å². The highest BCUT2D eigenvalue weighted by molar-refractivity contribution is 8.00. The van der Waals surface area contributed by atoms with Gasteiger partial charge in [0.05, 0.1) is 0 Å². The first-order valence-electron chi connectivity index (χ1n) is 10.9. The van der Waals surface area contributed by atoms with Crippen molar-refractivity contribution in [1.82, 2.24) is 19.6 Å². The van der Waals surface area contributed by atoms with Crippen LogP contribution in [0.5, 0.6) is 0 Å². The molecule has 0 aromatic carbocycles. The number of pyridine rings is 1.